The summed E-state index contributed by atoms with van der Waals surface area (Å²) in [6.45, 7) is 4.03. The molecule has 0 N–H and O–H groups in total. The highest BCUT2D eigenvalue weighted by atomic mass is 32.2. The van der Waals surface area contributed by atoms with Gasteiger partial charge in [0, 0.05) is 6.42 Å². The van der Waals surface area contributed by atoms with E-state index in [2.05, 4.69) is 4.36 Å². The molecule has 0 radical (unpaired) electrons. The number of hydrogen-bond acceptors (Lipinski definition) is 3. The molecule has 4 nitrogen and oxygen atoms in total. The zero-order chi connectivity index (χ0) is 12.5. The van der Waals surface area contributed by atoms with Gasteiger partial charge in [0.15, 0.2) is 0 Å². The van der Waals surface area contributed by atoms with Crippen LogP contribution in [0.2, 0.25) is 0 Å². The van der Waals surface area contributed by atoms with Gasteiger partial charge >= 0.3 is 0 Å². The SMILES string of the molecule is CC(C)S1(=O)=NCCC(=O)N1c1ccccc1. The fourth-order valence-electron chi connectivity index (χ4n) is 1.80. The van der Waals surface area contributed by atoms with E-state index in [-0.39, 0.29) is 11.2 Å². The summed E-state index contributed by atoms with van der Waals surface area (Å²) in [6.07, 6.45) is 0.332. The molecule has 1 aromatic rings. The minimum absolute atomic E-state index is 0.107. The summed E-state index contributed by atoms with van der Waals surface area (Å²) in [5.41, 5.74) is 0.666. The maximum atomic E-state index is 12.8. The highest BCUT2D eigenvalue weighted by Gasteiger charge is 2.32. The monoisotopic (exact) mass is 252 g/mol. The summed E-state index contributed by atoms with van der Waals surface area (Å²) in [5.74, 6) is -0.107. The smallest absolute Gasteiger partial charge is 0.241 e. The Balaban J connectivity index is 2.56. The lowest BCUT2D eigenvalue weighted by atomic mass is 10.3. The molecule has 5 heteroatoms. The first kappa shape index (κ1) is 12.1. The van der Waals surface area contributed by atoms with Gasteiger partial charge in [0.25, 0.3) is 0 Å². The Bertz CT molecular complexity index is 531. The topological polar surface area (TPSA) is 49.7 Å². The molecule has 0 bridgehead atoms. The molecule has 0 aromatic heterocycles. The summed E-state index contributed by atoms with van der Waals surface area (Å²) in [5, 5.41) is -0.174. The van der Waals surface area contributed by atoms with Crippen molar-refractivity contribution in [2.45, 2.75) is 25.5 Å². The summed E-state index contributed by atoms with van der Waals surface area (Å²) < 4.78 is 18.4. The molecule has 1 atom stereocenters. The summed E-state index contributed by atoms with van der Waals surface area (Å²) in [7, 11) is -2.64. The van der Waals surface area contributed by atoms with E-state index in [9.17, 15) is 9.00 Å². The van der Waals surface area contributed by atoms with Gasteiger partial charge in [-0.15, -0.1) is 0 Å². The lowest BCUT2D eigenvalue weighted by molar-refractivity contribution is -0.117. The van der Waals surface area contributed by atoms with E-state index in [4.69, 9.17) is 0 Å². The number of rotatable bonds is 2. The van der Waals surface area contributed by atoms with Crippen molar-refractivity contribution < 1.29 is 9.00 Å². The van der Waals surface area contributed by atoms with Crippen LogP contribution < -0.4 is 4.31 Å². The molecular weight excluding hydrogens is 236 g/mol. The van der Waals surface area contributed by atoms with Gasteiger partial charge in [-0.2, -0.15) is 0 Å². The Hall–Kier alpha value is -1.36. The Kier molecular flexibility index (Phi) is 3.19. The van der Waals surface area contributed by atoms with Crippen LogP contribution in [0.15, 0.2) is 34.7 Å². The standard InChI is InChI=1S/C12H16N2O2S/c1-10(2)17(16)13-9-8-12(15)14(17)11-6-4-3-5-7-11/h3-7,10H,8-9H2,1-2H3. The van der Waals surface area contributed by atoms with Gasteiger partial charge in [-0.25, -0.2) is 12.9 Å². The number of hydrogen-bond donors (Lipinski definition) is 0. The molecule has 0 aliphatic carbocycles. The van der Waals surface area contributed by atoms with Crippen LogP contribution in [0.5, 0.6) is 0 Å². The maximum Gasteiger partial charge on any atom is 0.241 e. The number of para-hydroxylation sites is 1. The van der Waals surface area contributed by atoms with Gasteiger partial charge in [0.05, 0.1) is 17.5 Å². The van der Waals surface area contributed by atoms with E-state index in [1.807, 2.05) is 32.0 Å². The second kappa shape index (κ2) is 4.49. The number of anilines is 1. The Morgan fingerprint density at radius 3 is 2.53 bits per heavy atom. The van der Waals surface area contributed by atoms with E-state index in [1.54, 1.807) is 12.1 Å². The van der Waals surface area contributed by atoms with E-state index in [1.165, 1.54) is 4.31 Å². The summed E-state index contributed by atoms with van der Waals surface area (Å²) in [6, 6.07) is 9.11. The summed E-state index contributed by atoms with van der Waals surface area (Å²) >= 11 is 0. The molecule has 1 aliphatic rings. The van der Waals surface area contributed by atoms with Gasteiger partial charge in [0.2, 0.25) is 5.91 Å². The molecule has 1 amide bonds. The molecule has 0 fully saturated rings. The molecule has 2 rings (SSSR count). The Morgan fingerprint density at radius 1 is 1.29 bits per heavy atom. The maximum absolute atomic E-state index is 12.8. The average Bonchev–Trinajstić information content (AvgIpc) is 2.30. The third kappa shape index (κ3) is 2.07. The zero-order valence-electron chi connectivity index (χ0n) is 10.00. The van der Waals surface area contributed by atoms with E-state index in [0.717, 1.165) is 0 Å². The fraction of sp³-hybridized carbons (Fsp3) is 0.417. The van der Waals surface area contributed by atoms with Crippen molar-refractivity contribution in [3.05, 3.63) is 30.3 Å². The van der Waals surface area contributed by atoms with Crippen LogP contribution in [-0.4, -0.2) is 21.9 Å². The molecule has 92 valence electrons. The number of carbonyl (C=O) groups excluding carboxylic acids is 1. The number of benzene rings is 1. The van der Waals surface area contributed by atoms with Gasteiger partial charge < -0.3 is 0 Å². The van der Waals surface area contributed by atoms with Crippen molar-refractivity contribution in [1.82, 2.24) is 0 Å². The fourth-order valence-corrected chi connectivity index (χ4v) is 3.79. The molecule has 1 aliphatic heterocycles. The second-order valence-electron chi connectivity index (χ2n) is 4.21. The second-order valence-corrected chi connectivity index (χ2v) is 6.85. The van der Waals surface area contributed by atoms with Crippen molar-refractivity contribution >= 4 is 21.5 Å². The molecule has 1 unspecified atom stereocenters. The van der Waals surface area contributed by atoms with Gasteiger partial charge in [-0.1, -0.05) is 18.2 Å². The molecular formula is C12H16N2O2S. The first-order valence-electron chi connectivity index (χ1n) is 5.65. The highest BCUT2D eigenvalue weighted by molar-refractivity contribution is 7.96. The molecule has 0 saturated carbocycles. The van der Waals surface area contributed by atoms with Crippen molar-refractivity contribution in [1.29, 1.82) is 0 Å². The largest absolute Gasteiger partial charge is 0.273 e. The predicted octanol–water partition coefficient (Wildman–Crippen LogP) is 2.21. The Labute approximate surface area is 102 Å². The quantitative estimate of drug-likeness (QED) is 0.810. The molecule has 0 spiro atoms. The van der Waals surface area contributed by atoms with Crippen LogP contribution in [0.25, 0.3) is 0 Å². The number of amides is 1. The number of carbonyl (C=O) groups is 1. The van der Waals surface area contributed by atoms with Crippen LogP contribution in [-0.2, 0) is 14.7 Å². The van der Waals surface area contributed by atoms with Gasteiger partial charge in [-0.3, -0.25) is 4.79 Å². The lowest BCUT2D eigenvalue weighted by Gasteiger charge is -2.31. The molecule has 0 saturated heterocycles. The van der Waals surface area contributed by atoms with Crippen molar-refractivity contribution in [3.8, 4) is 0 Å². The highest BCUT2D eigenvalue weighted by Crippen LogP contribution is 2.26. The third-order valence-electron chi connectivity index (χ3n) is 2.69. The van der Waals surface area contributed by atoms with E-state index < -0.39 is 9.92 Å². The van der Waals surface area contributed by atoms with Crippen molar-refractivity contribution in [2.24, 2.45) is 4.36 Å². The van der Waals surface area contributed by atoms with Crippen LogP contribution in [0, 0.1) is 0 Å². The minimum atomic E-state index is -2.64. The van der Waals surface area contributed by atoms with Crippen LogP contribution in [0.1, 0.15) is 20.3 Å². The van der Waals surface area contributed by atoms with Crippen LogP contribution in [0.4, 0.5) is 5.69 Å². The van der Waals surface area contributed by atoms with Crippen molar-refractivity contribution in [2.75, 3.05) is 10.8 Å². The first-order valence-corrected chi connectivity index (χ1v) is 7.19. The molecule has 1 heterocycles. The van der Waals surface area contributed by atoms with Crippen molar-refractivity contribution in [3.63, 3.8) is 0 Å². The zero-order valence-corrected chi connectivity index (χ0v) is 10.8. The van der Waals surface area contributed by atoms with E-state index in [0.29, 0.717) is 18.7 Å². The summed E-state index contributed by atoms with van der Waals surface area (Å²) in [4.78, 5) is 12.0. The normalized spacial score (nSPS) is 24.9. The van der Waals surface area contributed by atoms with Crippen LogP contribution >= 0.6 is 0 Å². The van der Waals surface area contributed by atoms with Gasteiger partial charge in [-0.05, 0) is 26.0 Å². The van der Waals surface area contributed by atoms with E-state index >= 15 is 0 Å². The first-order chi connectivity index (χ1) is 8.05. The average molecular weight is 252 g/mol. The number of nitrogens with zero attached hydrogens (tertiary/aromatic N) is 2. The van der Waals surface area contributed by atoms with Gasteiger partial charge in [0.1, 0.15) is 9.92 Å². The minimum Gasteiger partial charge on any atom is -0.273 e. The predicted molar refractivity (Wildman–Crippen MR) is 69.1 cm³/mol. The van der Waals surface area contributed by atoms with Crippen LogP contribution in [0.3, 0.4) is 0 Å². The Morgan fingerprint density at radius 2 is 1.94 bits per heavy atom. The lowest BCUT2D eigenvalue weighted by Crippen LogP contribution is -2.44. The molecule has 17 heavy (non-hydrogen) atoms. The molecule has 1 aromatic carbocycles. The third-order valence-corrected chi connectivity index (χ3v) is 5.41.